The second-order valence-corrected chi connectivity index (χ2v) is 6.43. The number of amides is 2. The number of esters is 1. The lowest BCUT2D eigenvalue weighted by Crippen LogP contribution is -2.48. The molecule has 1 aliphatic heterocycles. The van der Waals surface area contributed by atoms with Crippen LogP contribution < -0.4 is 16.0 Å². The molecule has 29 heavy (non-hydrogen) atoms. The molecule has 2 amide bonds. The molecule has 0 unspecified atom stereocenters. The standard InChI is InChI=1S/C20H21F2N3O4/c1-3-28-19(26)17-15(24-20(27)25-18(17)16-5-4-8-29-16)10-23-11(2)13-7-6-12(21)9-14(13)22/h4-9,11,18,23H,3,10H2,1-2H3,(H2,24,25,27)/t11-,18-/m1/s1. The average molecular weight is 405 g/mol. The van der Waals surface area contributed by atoms with E-state index in [1.54, 1.807) is 26.0 Å². The van der Waals surface area contributed by atoms with E-state index in [9.17, 15) is 18.4 Å². The van der Waals surface area contributed by atoms with Gasteiger partial charge in [0, 0.05) is 29.9 Å². The van der Waals surface area contributed by atoms with Crippen molar-refractivity contribution in [2.45, 2.75) is 25.9 Å². The minimum atomic E-state index is -0.826. The van der Waals surface area contributed by atoms with Crippen LogP contribution in [0.2, 0.25) is 0 Å². The first-order chi connectivity index (χ1) is 13.9. The van der Waals surface area contributed by atoms with Crippen LogP contribution in [0.25, 0.3) is 0 Å². The van der Waals surface area contributed by atoms with Crippen molar-refractivity contribution >= 4 is 12.0 Å². The summed E-state index contributed by atoms with van der Waals surface area (Å²) in [5, 5.41) is 8.28. The molecule has 1 aromatic carbocycles. The van der Waals surface area contributed by atoms with Crippen LogP contribution in [0.4, 0.5) is 13.6 Å². The van der Waals surface area contributed by atoms with Gasteiger partial charge in [-0.25, -0.2) is 18.4 Å². The number of halogens is 2. The fourth-order valence-electron chi connectivity index (χ4n) is 3.09. The first kappa shape index (κ1) is 20.5. The van der Waals surface area contributed by atoms with Gasteiger partial charge in [-0.2, -0.15) is 0 Å². The molecule has 7 nitrogen and oxygen atoms in total. The Kier molecular flexibility index (Phi) is 6.28. The summed E-state index contributed by atoms with van der Waals surface area (Å²) in [6.07, 6.45) is 1.43. The van der Waals surface area contributed by atoms with Crippen LogP contribution in [-0.2, 0) is 9.53 Å². The first-order valence-electron chi connectivity index (χ1n) is 9.10. The SMILES string of the molecule is CCOC(=O)C1=C(CN[C@H](C)c2ccc(F)cc2F)NC(=O)N[C@@H]1c1ccco1. The number of carbonyl (C=O) groups excluding carboxylic acids is 2. The highest BCUT2D eigenvalue weighted by atomic mass is 19.1. The number of furan rings is 1. The Hall–Kier alpha value is -3.20. The van der Waals surface area contributed by atoms with Crippen LogP contribution in [0.3, 0.4) is 0 Å². The molecule has 0 bridgehead atoms. The van der Waals surface area contributed by atoms with Gasteiger partial charge in [0.2, 0.25) is 0 Å². The molecule has 2 atom stereocenters. The average Bonchev–Trinajstić information content (AvgIpc) is 3.20. The highest BCUT2D eigenvalue weighted by Gasteiger charge is 2.35. The van der Waals surface area contributed by atoms with Crippen molar-refractivity contribution in [1.82, 2.24) is 16.0 Å². The van der Waals surface area contributed by atoms with Crippen molar-refractivity contribution in [2.75, 3.05) is 13.2 Å². The van der Waals surface area contributed by atoms with Gasteiger partial charge in [-0.15, -0.1) is 0 Å². The molecular weight excluding hydrogens is 384 g/mol. The smallest absolute Gasteiger partial charge is 0.338 e. The normalized spacial score (nSPS) is 17.5. The van der Waals surface area contributed by atoms with Gasteiger partial charge in [0.15, 0.2) is 0 Å². The van der Waals surface area contributed by atoms with Crippen molar-refractivity contribution in [2.24, 2.45) is 0 Å². The first-order valence-corrected chi connectivity index (χ1v) is 9.10. The molecular formula is C20H21F2N3O4. The summed E-state index contributed by atoms with van der Waals surface area (Å²) in [7, 11) is 0. The molecule has 9 heteroatoms. The van der Waals surface area contributed by atoms with E-state index in [1.807, 2.05) is 0 Å². The van der Waals surface area contributed by atoms with Crippen LogP contribution in [0, 0.1) is 11.6 Å². The largest absolute Gasteiger partial charge is 0.467 e. The molecule has 3 rings (SSSR count). The van der Waals surface area contributed by atoms with E-state index in [0.29, 0.717) is 5.76 Å². The van der Waals surface area contributed by atoms with E-state index in [1.165, 1.54) is 18.4 Å². The highest BCUT2D eigenvalue weighted by molar-refractivity contribution is 5.95. The highest BCUT2D eigenvalue weighted by Crippen LogP contribution is 2.28. The topological polar surface area (TPSA) is 92.6 Å². The van der Waals surface area contributed by atoms with E-state index in [-0.39, 0.29) is 30.0 Å². The number of hydrogen-bond acceptors (Lipinski definition) is 5. The van der Waals surface area contributed by atoms with Crippen molar-refractivity contribution in [3.8, 4) is 0 Å². The van der Waals surface area contributed by atoms with E-state index >= 15 is 0 Å². The second kappa shape index (κ2) is 8.87. The predicted octanol–water partition coefficient (Wildman–Crippen LogP) is 3.08. The van der Waals surface area contributed by atoms with Gasteiger partial charge >= 0.3 is 12.0 Å². The Bertz CT molecular complexity index is 928. The molecule has 2 aromatic rings. The molecule has 1 aromatic heterocycles. The van der Waals surface area contributed by atoms with E-state index in [4.69, 9.17) is 9.15 Å². The number of hydrogen-bond donors (Lipinski definition) is 3. The van der Waals surface area contributed by atoms with Gasteiger partial charge in [-0.3, -0.25) is 0 Å². The van der Waals surface area contributed by atoms with Crippen LogP contribution in [0.1, 0.15) is 37.3 Å². The summed E-state index contributed by atoms with van der Waals surface area (Å²) in [5.74, 6) is -1.60. The van der Waals surface area contributed by atoms with Gasteiger partial charge in [-0.05, 0) is 32.0 Å². The zero-order valence-electron chi connectivity index (χ0n) is 15.9. The summed E-state index contributed by atoms with van der Waals surface area (Å²) in [6.45, 7) is 3.55. The van der Waals surface area contributed by atoms with Crippen molar-refractivity contribution in [1.29, 1.82) is 0 Å². The Morgan fingerprint density at radius 3 is 2.79 bits per heavy atom. The molecule has 1 aliphatic rings. The van der Waals surface area contributed by atoms with Crippen LogP contribution >= 0.6 is 0 Å². The number of rotatable bonds is 7. The number of nitrogens with one attached hydrogen (secondary N) is 3. The minimum Gasteiger partial charge on any atom is -0.467 e. The fourth-order valence-corrected chi connectivity index (χ4v) is 3.09. The zero-order valence-corrected chi connectivity index (χ0v) is 15.9. The van der Waals surface area contributed by atoms with Gasteiger partial charge < -0.3 is 25.1 Å². The second-order valence-electron chi connectivity index (χ2n) is 6.43. The summed E-state index contributed by atoms with van der Waals surface area (Å²) in [5.41, 5.74) is 0.719. The number of benzene rings is 1. The maximum atomic E-state index is 14.0. The lowest BCUT2D eigenvalue weighted by Gasteiger charge is -2.28. The number of carbonyl (C=O) groups is 2. The van der Waals surface area contributed by atoms with Gasteiger partial charge in [-0.1, -0.05) is 6.07 Å². The molecule has 0 saturated heterocycles. The van der Waals surface area contributed by atoms with Crippen LogP contribution in [0.15, 0.2) is 52.3 Å². The van der Waals surface area contributed by atoms with Gasteiger partial charge in [0.1, 0.15) is 23.4 Å². The monoisotopic (exact) mass is 405 g/mol. The van der Waals surface area contributed by atoms with Crippen LogP contribution in [-0.4, -0.2) is 25.2 Å². The van der Waals surface area contributed by atoms with Gasteiger partial charge in [0.05, 0.1) is 18.4 Å². The molecule has 0 spiro atoms. The van der Waals surface area contributed by atoms with E-state index in [2.05, 4.69) is 16.0 Å². The zero-order chi connectivity index (χ0) is 21.0. The Morgan fingerprint density at radius 1 is 1.34 bits per heavy atom. The summed E-state index contributed by atoms with van der Waals surface area (Å²) in [6, 6.07) is 4.73. The Balaban J connectivity index is 1.88. The Morgan fingerprint density at radius 2 is 2.14 bits per heavy atom. The maximum Gasteiger partial charge on any atom is 0.338 e. The maximum absolute atomic E-state index is 14.0. The Labute approximate surface area is 166 Å². The van der Waals surface area contributed by atoms with E-state index < -0.39 is 35.7 Å². The number of urea groups is 1. The summed E-state index contributed by atoms with van der Waals surface area (Å²) in [4.78, 5) is 24.7. The molecule has 0 fully saturated rings. The lowest BCUT2D eigenvalue weighted by atomic mass is 9.99. The predicted molar refractivity (Wildman–Crippen MR) is 99.6 cm³/mol. The molecule has 154 valence electrons. The van der Waals surface area contributed by atoms with Gasteiger partial charge in [0.25, 0.3) is 0 Å². The van der Waals surface area contributed by atoms with Crippen molar-refractivity contribution < 1.29 is 27.5 Å². The number of ether oxygens (including phenoxy) is 1. The quantitative estimate of drug-likeness (QED) is 0.616. The third kappa shape index (κ3) is 4.62. The third-order valence-electron chi connectivity index (χ3n) is 4.49. The summed E-state index contributed by atoms with van der Waals surface area (Å²) < 4.78 is 37.7. The fraction of sp³-hybridized carbons (Fsp3) is 0.300. The summed E-state index contributed by atoms with van der Waals surface area (Å²) >= 11 is 0. The molecule has 0 saturated carbocycles. The molecule has 0 aliphatic carbocycles. The minimum absolute atomic E-state index is 0.0385. The molecule has 2 heterocycles. The molecule has 3 N–H and O–H groups in total. The lowest BCUT2D eigenvalue weighted by molar-refractivity contribution is -0.139. The van der Waals surface area contributed by atoms with Crippen molar-refractivity contribution in [3.63, 3.8) is 0 Å². The van der Waals surface area contributed by atoms with Crippen LogP contribution in [0.5, 0.6) is 0 Å². The third-order valence-corrected chi connectivity index (χ3v) is 4.49. The molecule has 0 radical (unpaired) electrons. The van der Waals surface area contributed by atoms with E-state index in [0.717, 1.165) is 6.07 Å². The van der Waals surface area contributed by atoms with Crippen molar-refractivity contribution in [3.05, 3.63) is 70.8 Å².